The zero-order valence-electron chi connectivity index (χ0n) is 11.4. The Kier molecular flexibility index (Phi) is 5.20. The van der Waals surface area contributed by atoms with Crippen molar-refractivity contribution in [1.82, 2.24) is 0 Å². The molecule has 0 bridgehead atoms. The monoisotopic (exact) mass is 234 g/mol. The van der Waals surface area contributed by atoms with Gasteiger partial charge in [0.25, 0.3) is 0 Å². The summed E-state index contributed by atoms with van der Waals surface area (Å²) in [6.07, 6.45) is 12.0. The molecule has 0 spiro atoms. The van der Waals surface area contributed by atoms with Gasteiger partial charge in [0.05, 0.1) is 6.10 Å². The van der Waals surface area contributed by atoms with E-state index in [9.17, 15) is 5.11 Å². The lowest BCUT2D eigenvalue weighted by Crippen LogP contribution is -2.26. The van der Waals surface area contributed by atoms with E-state index in [1.165, 1.54) is 18.4 Å². The number of aliphatic hydroxyl groups excluding tert-OH is 1. The van der Waals surface area contributed by atoms with Gasteiger partial charge in [-0.05, 0) is 38.0 Å². The highest BCUT2D eigenvalue weighted by Gasteiger charge is 2.30. The van der Waals surface area contributed by atoms with E-state index in [0.29, 0.717) is 11.3 Å². The molecule has 1 nitrogen and oxygen atoms in total. The van der Waals surface area contributed by atoms with E-state index in [1.54, 1.807) is 0 Å². The lowest BCUT2D eigenvalue weighted by molar-refractivity contribution is 0.209. The molecular weight excluding hydrogens is 208 g/mol. The first kappa shape index (κ1) is 14.2. The Bertz CT molecular complexity index is 309. The van der Waals surface area contributed by atoms with Crippen molar-refractivity contribution in [1.29, 1.82) is 0 Å². The Morgan fingerprint density at radius 3 is 2.88 bits per heavy atom. The van der Waals surface area contributed by atoms with Crippen LogP contribution in [0.1, 0.15) is 46.5 Å². The van der Waals surface area contributed by atoms with Gasteiger partial charge in [0.2, 0.25) is 0 Å². The summed E-state index contributed by atoms with van der Waals surface area (Å²) in [5.74, 6) is 0.467. The molecule has 0 amide bonds. The predicted molar refractivity (Wildman–Crippen MR) is 74.8 cm³/mol. The lowest BCUT2D eigenvalue weighted by atomic mass is 9.68. The van der Waals surface area contributed by atoms with Crippen LogP contribution in [0, 0.1) is 11.3 Å². The van der Waals surface area contributed by atoms with Crippen LogP contribution >= 0.6 is 0 Å². The summed E-state index contributed by atoms with van der Waals surface area (Å²) >= 11 is 0. The van der Waals surface area contributed by atoms with Crippen LogP contribution in [0.3, 0.4) is 0 Å². The number of rotatable bonds is 5. The van der Waals surface area contributed by atoms with Gasteiger partial charge < -0.3 is 5.11 Å². The maximum absolute atomic E-state index is 9.81. The maximum atomic E-state index is 9.81. The summed E-state index contributed by atoms with van der Waals surface area (Å²) in [4.78, 5) is 0. The molecule has 0 saturated heterocycles. The Balaban J connectivity index is 2.64. The lowest BCUT2D eigenvalue weighted by Gasteiger charge is -2.36. The molecule has 1 aliphatic carbocycles. The summed E-state index contributed by atoms with van der Waals surface area (Å²) in [7, 11) is 0. The van der Waals surface area contributed by atoms with Crippen LogP contribution < -0.4 is 0 Å². The van der Waals surface area contributed by atoms with Crippen molar-refractivity contribution < 1.29 is 5.11 Å². The summed E-state index contributed by atoms with van der Waals surface area (Å²) in [5.41, 5.74) is 1.75. The number of allylic oxidation sites excluding steroid dienone is 4. The second-order valence-corrected chi connectivity index (χ2v) is 5.77. The summed E-state index contributed by atoms with van der Waals surface area (Å²) in [5, 5.41) is 9.81. The Hall–Kier alpha value is -0.820. The predicted octanol–water partition coefficient (Wildman–Crippen LogP) is 4.25. The van der Waals surface area contributed by atoms with Gasteiger partial charge in [-0.25, -0.2) is 0 Å². The molecule has 1 aliphatic rings. The number of hydrogen-bond acceptors (Lipinski definition) is 1. The van der Waals surface area contributed by atoms with Crippen LogP contribution in [-0.4, -0.2) is 11.2 Å². The van der Waals surface area contributed by atoms with E-state index < -0.39 is 0 Å². The molecule has 0 fully saturated rings. The molecule has 96 valence electrons. The fourth-order valence-electron chi connectivity index (χ4n) is 2.61. The minimum Gasteiger partial charge on any atom is -0.389 e. The maximum Gasteiger partial charge on any atom is 0.0724 e. The second-order valence-electron chi connectivity index (χ2n) is 5.77. The van der Waals surface area contributed by atoms with Crippen molar-refractivity contribution in [2.24, 2.45) is 11.3 Å². The smallest absolute Gasteiger partial charge is 0.0724 e. The minimum absolute atomic E-state index is 0.313. The standard InChI is InChI=1S/C16H26O/c1-5-6-9-14(17)10-11-15-13(2)8-7-12-16(15,3)4/h5,8,10-11,14-15,17H,1,6-7,9,12H2,2-4H3/b11-10+. The molecule has 0 aliphatic heterocycles. The van der Waals surface area contributed by atoms with Gasteiger partial charge in [-0.3, -0.25) is 0 Å². The van der Waals surface area contributed by atoms with Crippen molar-refractivity contribution in [3.8, 4) is 0 Å². The Labute approximate surface area is 106 Å². The van der Waals surface area contributed by atoms with E-state index in [1.807, 2.05) is 12.2 Å². The highest BCUT2D eigenvalue weighted by atomic mass is 16.3. The first-order valence-electron chi connectivity index (χ1n) is 6.61. The second kappa shape index (κ2) is 6.20. The van der Waals surface area contributed by atoms with Crippen molar-refractivity contribution in [2.45, 2.75) is 52.6 Å². The molecule has 0 aromatic carbocycles. The van der Waals surface area contributed by atoms with E-state index in [0.717, 1.165) is 12.8 Å². The van der Waals surface area contributed by atoms with Gasteiger partial charge in [0.15, 0.2) is 0 Å². The van der Waals surface area contributed by atoms with Gasteiger partial charge >= 0.3 is 0 Å². The molecule has 0 heterocycles. The third-order valence-electron chi connectivity index (χ3n) is 3.78. The average Bonchev–Trinajstić information content (AvgIpc) is 2.24. The molecule has 1 rings (SSSR count). The molecule has 2 atom stereocenters. The molecule has 0 radical (unpaired) electrons. The summed E-state index contributed by atoms with van der Waals surface area (Å²) in [6.45, 7) is 10.5. The largest absolute Gasteiger partial charge is 0.389 e. The van der Waals surface area contributed by atoms with Gasteiger partial charge in [0, 0.05) is 5.92 Å². The van der Waals surface area contributed by atoms with E-state index in [4.69, 9.17) is 0 Å². The zero-order valence-corrected chi connectivity index (χ0v) is 11.4. The van der Waals surface area contributed by atoms with E-state index in [-0.39, 0.29) is 6.10 Å². The van der Waals surface area contributed by atoms with Crippen molar-refractivity contribution in [3.05, 3.63) is 36.5 Å². The molecule has 1 heteroatoms. The number of hydrogen-bond donors (Lipinski definition) is 1. The normalized spacial score (nSPS) is 25.6. The van der Waals surface area contributed by atoms with Gasteiger partial charge in [-0.2, -0.15) is 0 Å². The first-order chi connectivity index (χ1) is 7.97. The minimum atomic E-state index is -0.335. The topological polar surface area (TPSA) is 20.2 Å². The van der Waals surface area contributed by atoms with Crippen LogP contribution in [0.25, 0.3) is 0 Å². The van der Waals surface area contributed by atoms with Gasteiger partial charge in [0.1, 0.15) is 0 Å². The molecule has 2 unspecified atom stereocenters. The highest BCUT2D eigenvalue weighted by Crippen LogP contribution is 2.41. The Morgan fingerprint density at radius 1 is 1.59 bits per heavy atom. The fourth-order valence-corrected chi connectivity index (χ4v) is 2.61. The van der Waals surface area contributed by atoms with Gasteiger partial charge in [-0.1, -0.05) is 43.7 Å². The molecular formula is C16H26O. The number of aliphatic hydroxyl groups is 1. The molecule has 0 aromatic heterocycles. The quantitative estimate of drug-likeness (QED) is 0.705. The van der Waals surface area contributed by atoms with Crippen molar-refractivity contribution >= 4 is 0 Å². The molecule has 0 aromatic rings. The third kappa shape index (κ3) is 4.16. The van der Waals surface area contributed by atoms with Crippen LogP contribution in [0.2, 0.25) is 0 Å². The molecule has 0 saturated carbocycles. The van der Waals surface area contributed by atoms with Gasteiger partial charge in [-0.15, -0.1) is 6.58 Å². The molecule has 17 heavy (non-hydrogen) atoms. The van der Waals surface area contributed by atoms with Crippen LogP contribution in [0.4, 0.5) is 0 Å². The van der Waals surface area contributed by atoms with Crippen LogP contribution in [0.15, 0.2) is 36.5 Å². The third-order valence-corrected chi connectivity index (χ3v) is 3.78. The first-order valence-corrected chi connectivity index (χ1v) is 6.61. The molecule has 1 N–H and O–H groups in total. The zero-order chi connectivity index (χ0) is 12.9. The summed E-state index contributed by atoms with van der Waals surface area (Å²) in [6, 6.07) is 0. The SMILES string of the molecule is C=CCCC(O)/C=C/C1C(C)=CCCC1(C)C. The highest BCUT2D eigenvalue weighted by molar-refractivity contribution is 5.19. The average molecular weight is 234 g/mol. The summed E-state index contributed by atoms with van der Waals surface area (Å²) < 4.78 is 0. The fraction of sp³-hybridized carbons (Fsp3) is 0.625. The van der Waals surface area contributed by atoms with Crippen LogP contribution in [-0.2, 0) is 0 Å². The van der Waals surface area contributed by atoms with E-state index >= 15 is 0 Å². The van der Waals surface area contributed by atoms with Crippen molar-refractivity contribution in [2.75, 3.05) is 0 Å². The van der Waals surface area contributed by atoms with Crippen molar-refractivity contribution in [3.63, 3.8) is 0 Å². The van der Waals surface area contributed by atoms with E-state index in [2.05, 4.69) is 39.5 Å². The Morgan fingerprint density at radius 2 is 2.29 bits per heavy atom. The van der Waals surface area contributed by atoms with Crippen LogP contribution in [0.5, 0.6) is 0 Å².